The average Bonchev–Trinajstić information content (AvgIpc) is 2.46. The minimum Gasteiger partial charge on any atom is -0.496 e. The topological polar surface area (TPSA) is 46.5 Å². The molecule has 2 aromatic rings. The third-order valence-corrected chi connectivity index (χ3v) is 4.00. The van der Waals surface area contributed by atoms with Gasteiger partial charge >= 0.3 is 5.97 Å². The molecule has 0 amide bonds. The molecule has 0 aliphatic carbocycles. The summed E-state index contributed by atoms with van der Waals surface area (Å²) in [6, 6.07) is 12.5. The number of rotatable bonds is 5. The highest BCUT2D eigenvalue weighted by Crippen LogP contribution is 2.29. The Hall–Kier alpha value is -1.52. The molecule has 21 heavy (non-hydrogen) atoms. The van der Waals surface area contributed by atoms with Crippen LogP contribution in [0, 0.1) is 0 Å². The molecule has 2 aromatic carbocycles. The summed E-state index contributed by atoms with van der Waals surface area (Å²) in [5.74, 6) is -0.882. The van der Waals surface area contributed by atoms with Crippen molar-refractivity contribution in [2.75, 3.05) is 7.11 Å². The number of hydrogen-bond acceptors (Lipinski definition) is 2. The second-order valence-electron chi connectivity index (χ2n) is 4.60. The summed E-state index contributed by atoms with van der Waals surface area (Å²) < 4.78 is 6.19. The summed E-state index contributed by atoms with van der Waals surface area (Å²) in [6.45, 7) is 0. The fraction of sp³-hybridized carbons (Fsp3) is 0.188. The quantitative estimate of drug-likeness (QED) is 0.843. The summed E-state index contributed by atoms with van der Waals surface area (Å²) in [5.41, 5.74) is 1.52. The van der Waals surface area contributed by atoms with E-state index in [2.05, 4.69) is 15.9 Å². The van der Waals surface area contributed by atoms with Crippen molar-refractivity contribution in [3.05, 3.63) is 63.1 Å². The van der Waals surface area contributed by atoms with Crippen LogP contribution in [0.4, 0.5) is 0 Å². The summed E-state index contributed by atoms with van der Waals surface area (Å²) in [6.07, 6.45) is 0.320. The van der Waals surface area contributed by atoms with Crippen LogP contribution >= 0.6 is 27.5 Å². The number of methoxy groups -OCH3 is 1. The van der Waals surface area contributed by atoms with Gasteiger partial charge in [0.15, 0.2) is 0 Å². The van der Waals surface area contributed by atoms with Gasteiger partial charge in [-0.25, -0.2) is 0 Å². The molecule has 0 heterocycles. The third-order valence-electron chi connectivity index (χ3n) is 3.24. The van der Waals surface area contributed by atoms with Crippen LogP contribution in [-0.2, 0) is 11.2 Å². The van der Waals surface area contributed by atoms with Gasteiger partial charge < -0.3 is 9.84 Å². The van der Waals surface area contributed by atoms with Gasteiger partial charge in [0, 0.05) is 9.50 Å². The molecule has 0 bridgehead atoms. The van der Waals surface area contributed by atoms with Gasteiger partial charge in [0.05, 0.1) is 13.0 Å². The number of aliphatic carboxylic acids is 1. The fourth-order valence-electron chi connectivity index (χ4n) is 2.17. The van der Waals surface area contributed by atoms with E-state index in [1.807, 2.05) is 12.1 Å². The third kappa shape index (κ3) is 3.99. The van der Waals surface area contributed by atoms with Crippen LogP contribution in [0.1, 0.15) is 17.0 Å². The second-order valence-corrected chi connectivity index (χ2v) is 5.95. The fourth-order valence-corrected chi connectivity index (χ4v) is 2.63. The van der Waals surface area contributed by atoms with E-state index in [1.165, 1.54) is 0 Å². The molecule has 1 unspecified atom stereocenters. The van der Waals surface area contributed by atoms with Gasteiger partial charge in [0.1, 0.15) is 5.75 Å². The monoisotopic (exact) mass is 368 g/mol. The Kier molecular flexibility index (Phi) is 5.26. The molecule has 2 rings (SSSR count). The molecule has 1 N–H and O–H groups in total. The van der Waals surface area contributed by atoms with Crippen molar-refractivity contribution in [3.8, 4) is 5.75 Å². The zero-order valence-corrected chi connectivity index (χ0v) is 13.7. The normalized spacial score (nSPS) is 12.0. The summed E-state index contributed by atoms with van der Waals surface area (Å²) in [5, 5.41) is 10.1. The second kappa shape index (κ2) is 6.96. The first-order valence-electron chi connectivity index (χ1n) is 6.32. The SMILES string of the molecule is COc1ccc(Cl)cc1CC(C(=O)O)c1ccc(Br)cc1. The molecular formula is C16H14BrClO3. The molecule has 0 aliphatic rings. The summed E-state index contributed by atoms with van der Waals surface area (Å²) in [4.78, 5) is 11.6. The van der Waals surface area contributed by atoms with Crippen LogP contribution in [-0.4, -0.2) is 18.2 Å². The van der Waals surface area contributed by atoms with Gasteiger partial charge in [-0.1, -0.05) is 39.7 Å². The highest BCUT2D eigenvalue weighted by atomic mass is 79.9. The van der Waals surface area contributed by atoms with Gasteiger partial charge in [-0.15, -0.1) is 0 Å². The maximum absolute atomic E-state index is 11.6. The number of ether oxygens (including phenoxy) is 1. The highest BCUT2D eigenvalue weighted by Gasteiger charge is 2.22. The molecule has 0 saturated carbocycles. The highest BCUT2D eigenvalue weighted by molar-refractivity contribution is 9.10. The van der Waals surface area contributed by atoms with Crippen LogP contribution in [0.15, 0.2) is 46.9 Å². The number of carbonyl (C=O) groups is 1. The smallest absolute Gasteiger partial charge is 0.311 e. The molecule has 3 nitrogen and oxygen atoms in total. The average molecular weight is 370 g/mol. The van der Waals surface area contributed by atoms with Gasteiger partial charge in [0.25, 0.3) is 0 Å². The van der Waals surface area contributed by atoms with Crippen molar-refractivity contribution in [2.45, 2.75) is 12.3 Å². The van der Waals surface area contributed by atoms with Crippen molar-refractivity contribution >= 4 is 33.5 Å². The van der Waals surface area contributed by atoms with Crippen molar-refractivity contribution < 1.29 is 14.6 Å². The first-order chi connectivity index (χ1) is 10.0. The van der Waals surface area contributed by atoms with E-state index in [1.54, 1.807) is 37.4 Å². The first-order valence-corrected chi connectivity index (χ1v) is 7.49. The minimum atomic E-state index is -0.876. The van der Waals surface area contributed by atoms with Gasteiger partial charge in [0.2, 0.25) is 0 Å². The van der Waals surface area contributed by atoms with Crippen molar-refractivity contribution in [1.29, 1.82) is 0 Å². The lowest BCUT2D eigenvalue weighted by Crippen LogP contribution is -2.15. The van der Waals surface area contributed by atoms with Crippen LogP contribution in [0.3, 0.4) is 0 Å². The maximum Gasteiger partial charge on any atom is 0.311 e. The number of carboxylic acids is 1. The molecule has 0 radical (unpaired) electrons. The van der Waals surface area contributed by atoms with E-state index in [0.29, 0.717) is 17.2 Å². The lowest BCUT2D eigenvalue weighted by Gasteiger charge is -2.15. The zero-order chi connectivity index (χ0) is 15.4. The summed E-state index contributed by atoms with van der Waals surface area (Å²) in [7, 11) is 1.56. The molecular weight excluding hydrogens is 356 g/mol. The molecule has 0 aromatic heterocycles. The van der Waals surface area contributed by atoms with Crippen LogP contribution in [0.25, 0.3) is 0 Å². The van der Waals surface area contributed by atoms with Crippen LogP contribution < -0.4 is 4.74 Å². The first kappa shape index (κ1) is 15.9. The van der Waals surface area contributed by atoms with Crippen LogP contribution in [0.5, 0.6) is 5.75 Å². The predicted molar refractivity (Wildman–Crippen MR) is 86.2 cm³/mol. The van der Waals surface area contributed by atoms with E-state index < -0.39 is 11.9 Å². The van der Waals surface area contributed by atoms with E-state index in [0.717, 1.165) is 15.6 Å². The summed E-state index contributed by atoms with van der Waals surface area (Å²) >= 11 is 9.34. The molecule has 0 saturated heterocycles. The molecule has 0 spiro atoms. The number of benzene rings is 2. The van der Waals surface area contributed by atoms with Crippen molar-refractivity contribution in [3.63, 3.8) is 0 Å². The Morgan fingerprint density at radius 1 is 1.29 bits per heavy atom. The van der Waals surface area contributed by atoms with Gasteiger partial charge in [-0.05, 0) is 47.9 Å². The van der Waals surface area contributed by atoms with Gasteiger partial charge in [-0.3, -0.25) is 4.79 Å². The zero-order valence-electron chi connectivity index (χ0n) is 11.3. The molecule has 110 valence electrons. The van der Waals surface area contributed by atoms with Crippen molar-refractivity contribution in [1.82, 2.24) is 0 Å². The Morgan fingerprint density at radius 3 is 2.52 bits per heavy atom. The standard InChI is InChI=1S/C16H14BrClO3/c1-21-15-7-6-13(18)8-11(15)9-14(16(19)20)10-2-4-12(17)5-3-10/h2-8,14H,9H2,1H3,(H,19,20). The number of halogens is 2. The molecule has 0 aliphatic heterocycles. The largest absolute Gasteiger partial charge is 0.496 e. The van der Waals surface area contributed by atoms with Crippen LogP contribution in [0.2, 0.25) is 5.02 Å². The molecule has 1 atom stereocenters. The van der Waals surface area contributed by atoms with E-state index in [4.69, 9.17) is 16.3 Å². The maximum atomic E-state index is 11.6. The molecule has 5 heteroatoms. The lowest BCUT2D eigenvalue weighted by molar-refractivity contribution is -0.138. The molecule has 0 fully saturated rings. The van der Waals surface area contributed by atoms with E-state index in [-0.39, 0.29) is 0 Å². The van der Waals surface area contributed by atoms with Crippen molar-refractivity contribution in [2.24, 2.45) is 0 Å². The van der Waals surface area contributed by atoms with Gasteiger partial charge in [-0.2, -0.15) is 0 Å². The Labute approximate surface area is 136 Å². The number of carboxylic acid groups (broad SMARTS) is 1. The van der Waals surface area contributed by atoms with E-state index >= 15 is 0 Å². The Morgan fingerprint density at radius 2 is 1.95 bits per heavy atom. The number of hydrogen-bond donors (Lipinski definition) is 1. The Balaban J connectivity index is 2.35. The Bertz CT molecular complexity index is 640. The lowest BCUT2D eigenvalue weighted by atomic mass is 9.92. The van der Waals surface area contributed by atoms with E-state index in [9.17, 15) is 9.90 Å². The minimum absolute atomic E-state index is 0.320. The predicted octanol–water partition coefficient (Wildman–Crippen LogP) is 4.52.